The minimum atomic E-state index is 0.455. The Kier molecular flexibility index (Phi) is 12.0. The van der Waals surface area contributed by atoms with Gasteiger partial charge in [0, 0.05) is 21.2 Å². The molecular weight excluding hydrogens is 743 g/mol. The van der Waals surface area contributed by atoms with E-state index in [9.17, 15) is 0 Å². The molecule has 0 unspecified atom stereocenters. The molecule has 0 radical (unpaired) electrons. The summed E-state index contributed by atoms with van der Waals surface area (Å²) in [7, 11) is 3.30. The first-order valence-electron chi connectivity index (χ1n) is 15.3. The molecule has 8 rings (SSSR count). The molecule has 13 heteroatoms. The van der Waals surface area contributed by atoms with Crippen LogP contribution < -0.4 is 9.47 Å². The summed E-state index contributed by atoms with van der Waals surface area (Å²) in [5.74, 6) is 1.65. The van der Waals surface area contributed by atoms with Crippen molar-refractivity contribution in [2.75, 3.05) is 14.2 Å². The molecule has 256 valence electrons. The Bertz CT molecular complexity index is 2360. The molecule has 51 heavy (non-hydrogen) atoms. The Labute approximate surface area is 319 Å². The standard InChI is InChI=1S/C19H14ClN3OS.C13H10ClN3O.C6H5ClS/c1-24-13-8-6-12(7-9-13)16-10-14-18(23-16)21-11-22-19(14)25-17-5-3-2-4-15(17)20;1-18-9-4-2-8(3-5-9)11-6-10-12(14)15-7-16-13(10)17-11;7-5-3-1-2-4-6(5)8/h2-11H,1H3,(H,21,22,23);2-7H,1H3,(H,15,16,17);1-4,8H. The van der Waals surface area contributed by atoms with Gasteiger partial charge < -0.3 is 19.4 Å². The predicted molar refractivity (Wildman–Crippen MR) is 211 cm³/mol. The highest BCUT2D eigenvalue weighted by Crippen LogP contribution is 2.37. The highest BCUT2D eigenvalue weighted by atomic mass is 35.5. The van der Waals surface area contributed by atoms with Crippen molar-refractivity contribution in [1.29, 1.82) is 0 Å². The summed E-state index contributed by atoms with van der Waals surface area (Å²) in [6, 6.07) is 34.9. The van der Waals surface area contributed by atoms with E-state index in [1.165, 1.54) is 18.1 Å². The number of nitrogens with one attached hydrogen (secondary N) is 2. The predicted octanol–water partition coefficient (Wildman–Crippen LogP) is 11.4. The average molecular weight is 772 g/mol. The molecule has 0 aliphatic carbocycles. The number of thiol groups is 1. The van der Waals surface area contributed by atoms with Crippen molar-refractivity contribution in [3.8, 4) is 34.0 Å². The fraction of sp³-hybridized carbons (Fsp3) is 0.0526. The van der Waals surface area contributed by atoms with Crippen LogP contribution in [0.25, 0.3) is 44.6 Å². The first-order chi connectivity index (χ1) is 24.8. The summed E-state index contributed by atoms with van der Waals surface area (Å²) in [4.78, 5) is 25.2. The summed E-state index contributed by atoms with van der Waals surface area (Å²) in [5, 5.41) is 4.54. The van der Waals surface area contributed by atoms with Crippen LogP contribution >= 0.6 is 59.2 Å². The average Bonchev–Trinajstić information content (AvgIpc) is 3.81. The van der Waals surface area contributed by atoms with E-state index in [2.05, 4.69) is 48.6 Å². The van der Waals surface area contributed by atoms with Gasteiger partial charge in [0.25, 0.3) is 0 Å². The number of halogens is 3. The van der Waals surface area contributed by atoms with Crippen LogP contribution in [0.3, 0.4) is 0 Å². The number of hydrogen-bond donors (Lipinski definition) is 3. The summed E-state index contributed by atoms with van der Waals surface area (Å²) < 4.78 is 10.3. The second kappa shape index (κ2) is 17.0. The smallest absolute Gasteiger partial charge is 0.142 e. The number of ether oxygens (including phenoxy) is 2. The van der Waals surface area contributed by atoms with Crippen molar-refractivity contribution in [1.82, 2.24) is 29.9 Å². The van der Waals surface area contributed by atoms with Crippen molar-refractivity contribution < 1.29 is 9.47 Å². The molecular formula is C38H29Cl3N6O2S2. The van der Waals surface area contributed by atoms with Crippen molar-refractivity contribution in [3.05, 3.63) is 137 Å². The highest BCUT2D eigenvalue weighted by molar-refractivity contribution is 7.99. The van der Waals surface area contributed by atoms with Crippen LogP contribution in [0.15, 0.2) is 137 Å². The summed E-state index contributed by atoms with van der Waals surface area (Å²) >= 11 is 23.5. The van der Waals surface area contributed by atoms with Gasteiger partial charge in [-0.1, -0.05) is 70.8 Å². The third kappa shape index (κ3) is 8.97. The van der Waals surface area contributed by atoms with Gasteiger partial charge in [0.05, 0.1) is 35.0 Å². The van der Waals surface area contributed by atoms with Crippen molar-refractivity contribution in [3.63, 3.8) is 0 Å². The van der Waals surface area contributed by atoms with Gasteiger partial charge in [0.1, 0.15) is 45.6 Å². The molecule has 8 nitrogen and oxygen atoms in total. The lowest BCUT2D eigenvalue weighted by Gasteiger charge is -2.03. The minimum Gasteiger partial charge on any atom is -0.497 e. The Morgan fingerprint density at radius 3 is 1.61 bits per heavy atom. The molecule has 0 fully saturated rings. The molecule has 8 aromatic rings. The van der Waals surface area contributed by atoms with Gasteiger partial charge >= 0.3 is 0 Å². The zero-order chi connectivity index (χ0) is 35.7. The normalized spacial score (nSPS) is 10.6. The van der Waals surface area contributed by atoms with Crippen molar-refractivity contribution >= 4 is 81.3 Å². The topological polar surface area (TPSA) is 102 Å². The molecule has 0 saturated carbocycles. The second-order valence-corrected chi connectivity index (χ2v) is 13.4. The van der Waals surface area contributed by atoms with E-state index in [1.807, 2.05) is 103 Å². The zero-order valence-corrected chi connectivity index (χ0v) is 31.1. The van der Waals surface area contributed by atoms with Gasteiger partial charge in [0.2, 0.25) is 0 Å². The van der Waals surface area contributed by atoms with Gasteiger partial charge in [-0.2, -0.15) is 0 Å². The van der Waals surface area contributed by atoms with Crippen LogP contribution in [0.5, 0.6) is 11.5 Å². The summed E-state index contributed by atoms with van der Waals surface area (Å²) in [6.07, 6.45) is 3.01. The molecule has 4 heterocycles. The number of hydrogen-bond acceptors (Lipinski definition) is 8. The van der Waals surface area contributed by atoms with Crippen molar-refractivity contribution in [2.45, 2.75) is 14.8 Å². The van der Waals surface area contributed by atoms with Crippen LogP contribution in [0.4, 0.5) is 0 Å². The van der Waals surface area contributed by atoms with E-state index in [0.717, 1.165) is 70.9 Å². The summed E-state index contributed by atoms with van der Waals surface area (Å²) in [5.41, 5.74) is 5.59. The van der Waals surface area contributed by atoms with Gasteiger partial charge in [-0.25, -0.2) is 19.9 Å². The SMILES string of the molecule is COc1ccc(-c2cc3c(Cl)ncnc3[nH]2)cc1.COc1ccc(-c2cc3c(Sc4ccccc4Cl)ncnc3[nH]2)cc1.Sc1ccccc1Cl. The van der Waals surface area contributed by atoms with E-state index in [4.69, 9.17) is 44.3 Å². The third-order valence-corrected chi connectivity index (χ3v) is 10.2. The molecule has 0 atom stereocenters. The lowest BCUT2D eigenvalue weighted by Crippen LogP contribution is -1.85. The minimum absolute atomic E-state index is 0.455. The van der Waals surface area contributed by atoms with Gasteiger partial charge in [-0.3, -0.25) is 0 Å². The first kappa shape index (κ1) is 36.1. The Morgan fingerprint density at radius 1 is 0.588 bits per heavy atom. The number of fused-ring (bicyclic) bond motifs is 2. The van der Waals surface area contributed by atoms with Crippen LogP contribution in [0.2, 0.25) is 15.2 Å². The number of aromatic nitrogens is 6. The number of nitrogens with zero attached hydrogens (tertiary/aromatic N) is 4. The molecule has 4 aromatic carbocycles. The molecule has 0 saturated heterocycles. The van der Waals surface area contributed by atoms with E-state index in [1.54, 1.807) is 20.5 Å². The van der Waals surface area contributed by atoms with Crippen LogP contribution in [0, 0.1) is 0 Å². The monoisotopic (exact) mass is 770 g/mol. The van der Waals surface area contributed by atoms with E-state index in [-0.39, 0.29) is 0 Å². The van der Waals surface area contributed by atoms with Gasteiger partial charge in [-0.15, -0.1) is 12.6 Å². The lowest BCUT2D eigenvalue weighted by atomic mass is 10.1. The Balaban J connectivity index is 0.000000150. The van der Waals surface area contributed by atoms with E-state index in [0.29, 0.717) is 15.2 Å². The lowest BCUT2D eigenvalue weighted by molar-refractivity contribution is 0.415. The number of methoxy groups -OCH3 is 2. The third-order valence-electron chi connectivity index (χ3n) is 7.46. The number of benzene rings is 4. The Hall–Kier alpha value is -4.71. The molecule has 4 aromatic heterocycles. The van der Waals surface area contributed by atoms with Gasteiger partial charge in [-0.05, 0) is 96.1 Å². The molecule has 2 N–H and O–H groups in total. The van der Waals surface area contributed by atoms with E-state index < -0.39 is 0 Å². The summed E-state index contributed by atoms with van der Waals surface area (Å²) in [6.45, 7) is 0. The van der Waals surface area contributed by atoms with Crippen LogP contribution in [0.1, 0.15) is 0 Å². The molecule has 0 bridgehead atoms. The van der Waals surface area contributed by atoms with E-state index >= 15 is 0 Å². The zero-order valence-electron chi connectivity index (χ0n) is 27.1. The molecule has 0 amide bonds. The maximum absolute atomic E-state index is 6.27. The maximum Gasteiger partial charge on any atom is 0.142 e. The fourth-order valence-corrected chi connectivity index (χ4v) is 6.46. The Morgan fingerprint density at radius 2 is 1.10 bits per heavy atom. The number of aromatic amines is 2. The van der Waals surface area contributed by atoms with Gasteiger partial charge in [0.15, 0.2) is 0 Å². The molecule has 0 aliphatic heterocycles. The molecule has 0 aliphatic rings. The first-order valence-corrected chi connectivity index (χ1v) is 17.7. The van der Waals surface area contributed by atoms with Crippen molar-refractivity contribution in [2.24, 2.45) is 0 Å². The molecule has 0 spiro atoms. The number of rotatable bonds is 6. The maximum atomic E-state index is 6.27. The second-order valence-electron chi connectivity index (χ2n) is 10.7. The van der Waals surface area contributed by atoms with Crippen LogP contribution in [-0.4, -0.2) is 44.1 Å². The quantitative estimate of drug-likeness (QED) is 0.114. The largest absolute Gasteiger partial charge is 0.497 e. The van der Waals surface area contributed by atoms with Crippen LogP contribution in [-0.2, 0) is 0 Å². The number of H-pyrrole nitrogens is 2. The fourth-order valence-electron chi connectivity index (χ4n) is 4.84. The highest BCUT2D eigenvalue weighted by Gasteiger charge is 2.12.